The molecule has 3 aromatic carbocycles. The number of hydrogen-bond acceptors (Lipinski definition) is 5. The molecule has 0 atom stereocenters. The van der Waals surface area contributed by atoms with E-state index in [9.17, 15) is 14.9 Å². The predicted molar refractivity (Wildman–Crippen MR) is 138 cm³/mol. The molecule has 0 spiro atoms. The average Bonchev–Trinajstić information content (AvgIpc) is 2.81. The van der Waals surface area contributed by atoms with E-state index < -0.39 is 11.9 Å². The maximum Gasteiger partial charge on any atom is 0.343 e. The van der Waals surface area contributed by atoms with Gasteiger partial charge in [0.15, 0.2) is 11.5 Å². The first-order valence-electron chi connectivity index (χ1n) is 10.2. The number of aryl methyl sites for hydroxylation is 1. The first-order valence-corrected chi connectivity index (χ1v) is 11.8. The minimum absolute atomic E-state index is 0.101. The van der Waals surface area contributed by atoms with Crippen LogP contribution in [-0.4, -0.2) is 18.5 Å². The third kappa shape index (κ3) is 6.34. The molecule has 6 nitrogen and oxygen atoms in total. The van der Waals surface area contributed by atoms with Gasteiger partial charge in [-0.05, 0) is 99.3 Å². The Morgan fingerprint density at radius 2 is 1.71 bits per heavy atom. The number of nitriles is 1. The smallest absolute Gasteiger partial charge is 0.343 e. The fourth-order valence-corrected chi connectivity index (χ4v) is 4.63. The van der Waals surface area contributed by atoms with Crippen LogP contribution in [0, 0.1) is 18.3 Å². The third-order valence-electron chi connectivity index (χ3n) is 4.58. The van der Waals surface area contributed by atoms with Gasteiger partial charge in [-0.25, -0.2) is 4.79 Å². The van der Waals surface area contributed by atoms with Gasteiger partial charge in [-0.15, -0.1) is 0 Å². The lowest BCUT2D eigenvalue weighted by Crippen LogP contribution is -2.14. The zero-order valence-electron chi connectivity index (χ0n) is 18.4. The van der Waals surface area contributed by atoms with Crippen molar-refractivity contribution in [3.63, 3.8) is 0 Å². The summed E-state index contributed by atoms with van der Waals surface area (Å²) < 4.78 is 12.5. The molecular formula is C26H20Br2N2O4. The molecule has 0 saturated heterocycles. The minimum Gasteiger partial charge on any atom is -0.490 e. The van der Waals surface area contributed by atoms with Crippen LogP contribution in [0.3, 0.4) is 0 Å². The molecule has 0 aromatic heterocycles. The quantitative estimate of drug-likeness (QED) is 0.145. The number of hydrogen-bond donors (Lipinski definition) is 1. The van der Waals surface area contributed by atoms with Crippen molar-refractivity contribution < 1.29 is 19.1 Å². The fourth-order valence-electron chi connectivity index (χ4n) is 3.02. The summed E-state index contributed by atoms with van der Waals surface area (Å²) in [5, 5.41) is 12.3. The van der Waals surface area contributed by atoms with Gasteiger partial charge < -0.3 is 14.8 Å². The van der Waals surface area contributed by atoms with Gasteiger partial charge in [0.2, 0.25) is 0 Å². The lowest BCUT2D eigenvalue weighted by molar-refractivity contribution is -0.112. The van der Waals surface area contributed by atoms with Gasteiger partial charge in [0.05, 0.1) is 17.9 Å². The second-order valence-corrected chi connectivity index (χ2v) is 8.83. The predicted octanol–water partition coefficient (Wildman–Crippen LogP) is 6.68. The Morgan fingerprint density at radius 3 is 2.32 bits per heavy atom. The number of nitrogens with one attached hydrogen (secondary N) is 1. The molecule has 0 aliphatic rings. The Bertz CT molecular complexity index is 1270. The minimum atomic E-state index is -0.565. The van der Waals surface area contributed by atoms with Crippen LogP contribution in [-0.2, 0) is 4.79 Å². The number of carbonyl (C=O) groups is 2. The molecule has 0 saturated carbocycles. The van der Waals surface area contributed by atoms with Gasteiger partial charge in [-0.1, -0.05) is 24.3 Å². The summed E-state index contributed by atoms with van der Waals surface area (Å²) in [6, 6.07) is 19.1. The highest BCUT2D eigenvalue weighted by Gasteiger charge is 2.16. The van der Waals surface area contributed by atoms with Crippen LogP contribution >= 0.6 is 31.9 Å². The SMILES string of the molecule is CCOc1cc(/C=C(\C#N)C(=O)Nc2c(Br)cc(C)cc2Br)ccc1OC(=O)c1ccccc1. The summed E-state index contributed by atoms with van der Waals surface area (Å²) in [5.74, 6) is -0.521. The summed E-state index contributed by atoms with van der Waals surface area (Å²) >= 11 is 6.86. The maximum absolute atomic E-state index is 12.8. The molecular weight excluding hydrogens is 564 g/mol. The van der Waals surface area contributed by atoms with Crippen molar-refractivity contribution in [3.8, 4) is 17.6 Å². The van der Waals surface area contributed by atoms with E-state index in [1.54, 1.807) is 49.4 Å². The molecule has 0 bridgehead atoms. The molecule has 34 heavy (non-hydrogen) atoms. The number of ether oxygens (including phenoxy) is 2. The standard InChI is InChI=1S/C26H20Br2N2O4/c1-3-33-23-14-17(9-10-22(23)34-26(32)18-7-5-4-6-8-18)13-19(15-29)25(31)30-24-20(27)11-16(2)12-21(24)28/h4-14H,3H2,1-2H3,(H,30,31)/b19-13+. The lowest BCUT2D eigenvalue weighted by atomic mass is 10.1. The van der Waals surface area contributed by atoms with Crippen LogP contribution in [0.2, 0.25) is 0 Å². The summed E-state index contributed by atoms with van der Waals surface area (Å²) in [6.45, 7) is 4.07. The molecule has 0 radical (unpaired) electrons. The van der Waals surface area contributed by atoms with E-state index >= 15 is 0 Å². The molecule has 0 fully saturated rings. The van der Waals surface area contributed by atoms with E-state index in [-0.39, 0.29) is 11.3 Å². The molecule has 1 N–H and O–H groups in total. The highest BCUT2D eigenvalue weighted by Crippen LogP contribution is 2.33. The number of esters is 1. The van der Waals surface area contributed by atoms with Crippen LogP contribution in [0.5, 0.6) is 11.5 Å². The fraction of sp³-hybridized carbons (Fsp3) is 0.115. The second kappa shape index (κ2) is 11.6. The topological polar surface area (TPSA) is 88.4 Å². The maximum atomic E-state index is 12.8. The Kier molecular flexibility index (Phi) is 8.63. The lowest BCUT2D eigenvalue weighted by Gasteiger charge is -2.12. The summed E-state index contributed by atoms with van der Waals surface area (Å²) in [4.78, 5) is 25.2. The molecule has 172 valence electrons. The van der Waals surface area contributed by atoms with Crippen molar-refractivity contribution >= 4 is 55.5 Å². The molecule has 1 amide bonds. The molecule has 0 aliphatic carbocycles. The molecule has 8 heteroatoms. The number of anilines is 1. The number of carbonyl (C=O) groups excluding carboxylic acids is 2. The van der Waals surface area contributed by atoms with Crippen molar-refractivity contribution in [1.82, 2.24) is 0 Å². The van der Waals surface area contributed by atoms with E-state index in [0.717, 1.165) is 5.56 Å². The Morgan fingerprint density at radius 1 is 1.03 bits per heavy atom. The van der Waals surface area contributed by atoms with Crippen LogP contribution in [0.15, 0.2) is 75.2 Å². The van der Waals surface area contributed by atoms with Crippen LogP contribution < -0.4 is 14.8 Å². The number of halogens is 2. The van der Waals surface area contributed by atoms with Crippen molar-refractivity contribution in [2.75, 3.05) is 11.9 Å². The van der Waals surface area contributed by atoms with Gasteiger partial charge in [0, 0.05) is 8.95 Å². The Balaban J connectivity index is 1.85. The monoisotopic (exact) mass is 582 g/mol. The molecule has 0 unspecified atom stereocenters. The Hall–Kier alpha value is -3.41. The number of benzene rings is 3. The first kappa shape index (κ1) is 25.2. The van der Waals surface area contributed by atoms with Gasteiger partial charge in [0.25, 0.3) is 5.91 Å². The molecule has 0 heterocycles. The summed E-state index contributed by atoms with van der Waals surface area (Å²) in [7, 11) is 0. The van der Waals surface area contributed by atoms with Crippen LogP contribution in [0.1, 0.15) is 28.4 Å². The second-order valence-electron chi connectivity index (χ2n) is 7.12. The van der Waals surface area contributed by atoms with Gasteiger partial charge >= 0.3 is 5.97 Å². The highest BCUT2D eigenvalue weighted by atomic mass is 79.9. The van der Waals surface area contributed by atoms with Gasteiger partial charge in [-0.2, -0.15) is 5.26 Å². The van der Waals surface area contributed by atoms with Crippen LogP contribution in [0.25, 0.3) is 6.08 Å². The highest BCUT2D eigenvalue weighted by molar-refractivity contribution is 9.11. The van der Waals surface area contributed by atoms with Crippen molar-refractivity contribution in [2.24, 2.45) is 0 Å². The van der Waals surface area contributed by atoms with Crippen LogP contribution in [0.4, 0.5) is 5.69 Å². The van der Waals surface area contributed by atoms with Crippen molar-refractivity contribution in [3.05, 3.63) is 91.9 Å². The largest absolute Gasteiger partial charge is 0.490 e. The van der Waals surface area contributed by atoms with Crippen molar-refractivity contribution in [2.45, 2.75) is 13.8 Å². The molecule has 3 rings (SSSR count). The van der Waals surface area contributed by atoms with E-state index in [0.29, 0.717) is 38.1 Å². The normalized spacial score (nSPS) is 10.9. The average molecular weight is 584 g/mol. The number of rotatable bonds is 7. The van der Waals surface area contributed by atoms with E-state index in [4.69, 9.17) is 9.47 Å². The summed E-state index contributed by atoms with van der Waals surface area (Å²) in [6.07, 6.45) is 1.44. The molecule has 0 aliphatic heterocycles. The number of nitrogens with zero attached hydrogens (tertiary/aromatic N) is 1. The van der Waals surface area contributed by atoms with E-state index in [1.165, 1.54) is 6.08 Å². The summed E-state index contributed by atoms with van der Waals surface area (Å²) in [5.41, 5.74) is 2.37. The zero-order valence-corrected chi connectivity index (χ0v) is 21.6. The van der Waals surface area contributed by atoms with E-state index in [2.05, 4.69) is 37.2 Å². The van der Waals surface area contributed by atoms with E-state index in [1.807, 2.05) is 31.2 Å². The van der Waals surface area contributed by atoms with Gasteiger partial charge in [0.1, 0.15) is 11.6 Å². The molecule has 3 aromatic rings. The first-order chi connectivity index (χ1) is 16.3. The Labute approximate surface area is 214 Å². The third-order valence-corrected chi connectivity index (χ3v) is 5.83. The number of amides is 1. The van der Waals surface area contributed by atoms with Gasteiger partial charge in [-0.3, -0.25) is 4.79 Å². The van der Waals surface area contributed by atoms with Crippen molar-refractivity contribution in [1.29, 1.82) is 5.26 Å². The zero-order chi connectivity index (χ0) is 24.7.